The lowest BCUT2D eigenvalue weighted by Gasteiger charge is -2.08. The van der Waals surface area contributed by atoms with Crippen LogP contribution in [0.4, 0.5) is 0 Å². The minimum Gasteiger partial charge on any atom is -0.467 e. The number of fused-ring (bicyclic) bond motifs is 1. The quantitative estimate of drug-likeness (QED) is 0.380. The van der Waals surface area contributed by atoms with Gasteiger partial charge in [-0.3, -0.25) is 4.79 Å². The molecule has 0 bridgehead atoms. The predicted octanol–water partition coefficient (Wildman–Crippen LogP) is 1.78. The van der Waals surface area contributed by atoms with Gasteiger partial charge in [-0.25, -0.2) is 0 Å². The molecule has 0 aromatic heterocycles. The van der Waals surface area contributed by atoms with Gasteiger partial charge in [0.05, 0.1) is 12.2 Å². The Bertz CT molecular complexity index is 772. The van der Waals surface area contributed by atoms with Crippen molar-refractivity contribution in [3.63, 3.8) is 0 Å². The third kappa shape index (κ3) is 3.57. The molecule has 122 valence electrons. The van der Waals surface area contributed by atoms with Gasteiger partial charge in [0.2, 0.25) is 0 Å². The van der Waals surface area contributed by atoms with Crippen LogP contribution in [-0.4, -0.2) is 31.8 Å². The zero-order valence-electron chi connectivity index (χ0n) is 13.3. The van der Waals surface area contributed by atoms with Crippen LogP contribution in [0.1, 0.15) is 21.5 Å². The Kier molecular flexibility index (Phi) is 5.10. The normalized spacial score (nSPS) is 13.3. The summed E-state index contributed by atoms with van der Waals surface area (Å²) in [5, 5.41) is 9.74. The summed E-state index contributed by atoms with van der Waals surface area (Å²) < 4.78 is 15.4. The van der Waals surface area contributed by atoms with E-state index in [1.165, 1.54) is 13.2 Å². The van der Waals surface area contributed by atoms with Crippen LogP contribution in [0.2, 0.25) is 0 Å². The largest absolute Gasteiger partial charge is 0.491 e. The van der Waals surface area contributed by atoms with E-state index in [-0.39, 0.29) is 12.6 Å². The molecule has 1 heterocycles. The molecule has 0 spiro atoms. The lowest BCUT2D eigenvalue weighted by molar-refractivity contribution is 0.0504. The number of allylic oxidation sites excluding steroid dienone is 1. The Hall–Kier alpha value is -2.41. The van der Waals surface area contributed by atoms with Gasteiger partial charge in [0.1, 0.15) is 5.75 Å². The summed E-state index contributed by atoms with van der Waals surface area (Å²) in [6.45, 7) is 0.486. The molecular weight excluding hydrogens is 307 g/mol. The van der Waals surface area contributed by atoms with Crippen LogP contribution < -0.4 is 10.2 Å². The van der Waals surface area contributed by atoms with Crippen molar-refractivity contribution in [3.8, 4) is 5.75 Å². The molecule has 0 amide bonds. The third-order valence-corrected chi connectivity index (χ3v) is 3.74. The SMILES string of the molecule is COCOc1ccccc1C(=O)/C=C/c1ccc2c(c1)B(O)OC2. The minimum atomic E-state index is -0.896. The fourth-order valence-corrected chi connectivity index (χ4v) is 2.52. The first-order chi connectivity index (χ1) is 11.7. The number of hydrogen-bond acceptors (Lipinski definition) is 5. The van der Waals surface area contributed by atoms with E-state index in [0.29, 0.717) is 17.9 Å². The predicted molar refractivity (Wildman–Crippen MR) is 91.1 cm³/mol. The number of methoxy groups -OCH3 is 1. The summed E-state index contributed by atoms with van der Waals surface area (Å²) in [7, 11) is 0.628. The summed E-state index contributed by atoms with van der Waals surface area (Å²) in [6.07, 6.45) is 3.19. The average Bonchev–Trinajstić information content (AvgIpc) is 2.99. The molecule has 1 aliphatic rings. The highest BCUT2D eigenvalue weighted by Gasteiger charge is 2.26. The van der Waals surface area contributed by atoms with Crippen LogP contribution in [0.3, 0.4) is 0 Å². The van der Waals surface area contributed by atoms with Crippen LogP contribution in [0.15, 0.2) is 48.5 Å². The van der Waals surface area contributed by atoms with E-state index in [1.807, 2.05) is 18.2 Å². The lowest BCUT2D eigenvalue weighted by Crippen LogP contribution is -2.28. The van der Waals surface area contributed by atoms with Crippen LogP contribution >= 0.6 is 0 Å². The molecular formula is C18H17BO5. The molecule has 0 atom stereocenters. The van der Waals surface area contributed by atoms with Crippen LogP contribution in [0.5, 0.6) is 5.75 Å². The van der Waals surface area contributed by atoms with Crippen LogP contribution in [0.25, 0.3) is 6.08 Å². The lowest BCUT2D eigenvalue weighted by atomic mass is 9.79. The second-order valence-electron chi connectivity index (χ2n) is 5.37. The number of hydrogen-bond donors (Lipinski definition) is 1. The van der Waals surface area contributed by atoms with Gasteiger partial charge in [-0.2, -0.15) is 0 Å². The van der Waals surface area contributed by atoms with Gasteiger partial charge in [-0.1, -0.05) is 36.4 Å². The standard InChI is InChI=1S/C18H17BO5/c1-22-12-23-18-5-3-2-4-15(18)17(20)9-7-13-6-8-14-11-24-19(21)16(14)10-13/h2-10,21H,11-12H2,1H3/b9-7+. The zero-order chi connectivity index (χ0) is 16.9. The number of ether oxygens (including phenoxy) is 2. The van der Waals surface area contributed by atoms with Crippen molar-refractivity contribution in [2.75, 3.05) is 13.9 Å². The first-order valence-electron chi connectivity index (χ1n) is 7.54. The summed E-state index contributed by atoms with van der Waals surface area (Å²) in [5.41, 5.74) is 3.00. The Morgan fingerprint density at radius 2 is 2.17 bits per heavy atom. The van der Waals surface area contributed by atoms with Crippen LogP contribution in [-0.2, 0) is 16.0 Å². The maximum Gasteiger partial charge on any atom is 0.491 e. The van der Waals surface area contributed by atoms with Crippen molar-refractivity contribution < 1.29 is 23.9 Å². The highest BCUT2D eigenvalue weighted by Crippen LogP contribution is 2.19. The Balaban J connectivity index is 1.78. The molecule has 0 radical (unpaired) electrons. The number of para-hydroxylation sites is 1. The van der Waals surface area contributed by atoms with E-state index in [4.69, 9.17) is 14.1 Å². The van der Waals surface area contributed by atoms with E-state index >= 15 is 0 Å². The summed E-state index contributed by atoms with van der Waals surface area (Å²) in [6, 6.07) is 12.6. The third-order valence-electron chi connectivity index (χ3n) is 3.74. The highest BCUT2D eigenvalue weighted by molar-refractivity contribution is 6.61. The van der Waals surface area contributed by atoms with Gasteiger partial charge in [-0.15, -0.1) is 0 Å². The molecule has 0 aliphatic carbocycles. The van der Waals surface area contributed by atoms with E-state index < -0.39 is 7.12 Å². The smallest absolute Gasteiger partial charge is 0.467 e. The Labute approximate surface area is 140 Å². The van der Waals surface area contributed by atoms with Crippen molar-refractivity contribution in [2.45, 2.75) is 6.61 Å². The number of rotatable bonds is 6. The average molecular weight is 324 g/mol. The number of ketones is 1. The first kappa shape index (κ1) is 16.5. The topological polar surface area (TPSA) is 65.0 Å². The molecule has 24 heavy (non-hydrogen) atoms. The van der Waals surface area contributed by atoms with Crippen molar-refractivity contribution in [1.29, 1.82) is 0 Å². The maximum atomic E-state index is 12.4. The van der Waals surface area contributed by atoms with Gasteiger partial charge in [0.15, 0.2) is 12.6 Å². The molecule has 5 nitrogen and oxygen atoms in total. The fraction of sp³-hybridized carbons (Fsp3) is 0.167. The highest BCUT2D eigenvalue weighted by atomic mass is 16.7. The zero-order valence-corrected chi connectivity index (χ0v) is 13.3. The molecule has 3 rings (SSSR count). The second kappa shape index (κ2) is 7.44. The Morgan fingerprint density at radius 3 is 3.00 bits per heavy atom. The van der Waals surface area contributed by atoms with Gasteiger partial charge in [0.25, 0.3) is 0 Å². The van der Waals surface area contributed by atoms with Gasteiger partial charge >= 0.3 is 7.12 Å². The molecule has 2 aromatic carbocycles. The number of carbonyl (C=O) groups is 1. The van der Waals surface area contributed by atoms with Crippen molar-refractivity contribution in [3.05, 3.63) is 65.2 Å². The molecule has 2 aromatic rings. The Morgan fingerprint density at radius 1 is 1.33 bits per heavy atom. The number of benzene rings is 2. The van der Waals surface area contributed by atoms with E-state index in [9.17, 15) is 9.82 Å². The van der Waals surface area contributed by atoms with Crippen LogP contribution in [0, 0.1) is 0 Å². The molecule has 0 saturated heterocycles. The fourth-order valence-electron chi connectivity index (χ4n) is 2.52. The first-order valence-corrected chi connectivity index (χ1v) is 7.54. The molecule has 6 heteroatoms. The van der Waals surface area contributed by atoms with Gasteiger partial charge < -0.3 is 19.2 Å². The van der Waals surface area contributed by atoms with Crippen molar-refractivity contribution >= 4 is 24.4 Å². The van der Waals surface area contributed by atoms with Crippen molar-refractivity contribution in [2.24, 2.45) is 0 Å². The number of carbonyl (C=O) groups excluding carboxylic acids is 1. The second-order valence-corrected chi connectivity index (χ2v) is 5.37. The van der Waals surface area contributed by atoms with Crippen molar-refractivity contribution in [1.82, 2.24) is 0 Å². The summed E-state index contributed by atoms with van der Waals surface area (Å²) in [5.74, 6) is 0.311. The maximum absolute atomic E-state index is 12.4. The summed E-state index contributed by atoms with van der Waals surface area (Å²) >= 11 is 0. The molecule has 0 fully saturated rings. The minimum absolute atomic E-state index is 0.0801. The monoisotopic (exact) mass is 324 g/mol. The van der Waals surface area contributed by atoms with E-state index in [1.54, 1.807) is 30.3 Å². The van der Waals surface area contributed by atoms with Gasteiger partial charge in [0, 0.05) is 7.11 Å². The summed E-state index contributed by atoms with van der Waals surface area (Å²) in [4.78, 5) is 12.4. The van der Waals surface area contributed by atoms with E-state index in [2.05, 4.69) is 0 Å². The molecule has 1 aliphatic heterocycles. The molecule has 0 saturated carbocycles. The van der Waals surface area contributed by atoms with Gasteiger partial charge in [-0.05, 0) is 34.8 Å². The molecule has 1 N–H and O–H groups in total. The molecule has 0 unspecified atom stereocenters. The van der Waals surface area contributed by atoms with E-state index in [0.717, 1.165) is 16.6 Å².